The third-order valence-electron chi connectivity index (χ3n) is 3.90. The lowest BCUT2D eigenvalue weighted by atomic mass is 9.99. The molecular formula is C17H10F5NO3. The van der Waals surface area contributed by atoms with E-state index in [-0.39, 0.29) is 22.3 Å². The Morgan fingerprint density at radius 1 is 1.04 bits per heavy atom. The lowest BCUT2D eigenvalue weighted by Crippen LogP contribution is -2.04. The molecule has 1 heterocycles. The first-order chi connectivity index (χ1) is 12.3. The number of carbonyl (C=O) groups is 1. The van der Waals surface area contributed by atoms with Crippen LogP contribution in [0.2, 0.25) is 0 Å². The second kappa shape index (κ2) is 6.32. The quantitative estimate of drug-likeness (QED) is 0.411. The Hall–Kier alpha value is -3.10. The first-order valence-corrected chi connectivity index (χ1v) is 7.17. The van der Waals surface area contributed by atoms with Crippen LogP contribution in [0.25, 0.3) is 22.0 Å². The van der Waals surface area contributed by atoms with Gasteiger partial charge in [0, 0.05) is 11.6 Å². The van der Waals surface area contributed by atoms with Gasteiger partial charge in [-0.05, 0) is 23.3 Å². The van der Waals surface area contributed by atoms with Gasteiger partial charge in [-0.2, -0.15) is 0 Å². The van der Waals surface area contributed by atoms with Crippen molar-refractivity contribution in [2.24, 2.45) is 0 Å². The predicted molar refractivity (Wildman–Crippen MR) is 81.4 cm³/mol. The lowest BCUT2D eigenvalue weighted by Gasteiger charge is -2.11. The molecule has 0 saturated carbocycles. The highest BCUT2D eigenvalue weighted by molar-refractivity contribution is 5.94. The molecule has 3 rings (SSSR count). The van der Waals surface area contributed by atoms with Crippen LogP contribution >= 0.6 is 0 Å². The maximum absolute atomic E-state index is 14.1. The van der Waals surface area contributed by atoms with Crippen molar-refractivity contribution in [2.45, 2.75) is 6.42 Å². The van der Waals surface area contributed by atoms with Crippen LogP contribution < -0.4 is 4.74 Å². The van der Waals surface area contributed by atoms with Crippen molar-refractivity contribution in [3.63, 3.8) is 0 Å². The van der Waals surface area contributed by atoms with Gasteiger partial charge in [0.1, 0.15) is 5.75 Å². The van der Waals surface area contributed by atoms with Crippen molar-refractivity contribution in [2.75, 3.05) is 7.11 Å². The number of aromatic nitrogens is 1. The zero-order valence-corrected chi connectivity index (χ0v) is 13.1. The fourth-order valence-corrected chi connectivity index (χ4v) is 2.73. The SMILES string of the molecule is COc1cc(-c2c(F)c(F)c(F)c(F)c2F)cc2c(CC(=O)O)c[nH]c12. The van der Waals surface area contributed by atoms with Gasteiger partial charge in [-0.15, -0.1) is 0 Å². The molecule has 0 atom stereocenters. The summed E-state index contributed by atoms with van der Waals surface area (Å²) in [5, 5.41) is 9.17. The Balaban J connectivity index is 2.35. The molecule has 1 aromatic heterocycles. The smallest absolute Gasteiger partial charge is 0.307 e. The van der Waals surface area contributed by atoms with Crippen LogP contribution in [0.3, 0.4) is 0 Å². The van der Waals surface area contributed by atoms with Gasteiger partial charge in [-0.25, -0.2) is 22.0 Å². The average molecular weight is 371 g/mol. The second-order valence-electron chi connectivity index (χ2n) is 5.43. The van der Waals surface area contributed by atoms with Crippen LogP contribution in [0, 0.1) is 29.1 Å². The maximum atomic E-state index is 14.1. The average Bonchev–Trinajstić information content (AvgIpc) is 3.00. The first kappa shape index (κ1) is 17.7. The molecule has 3 aromatic rings. The number of nitrogens with one attached hydrogen (secondary N) is 1. The van der Waals surface area contributed by atoms with Gasteiger partial charge in [-0.1, -0.05) is 0 Å². The number of rotatable bonds is 4. The number of H-pyrrole nitrogens is 1. The van der Waals surface area contributed by atoms with E-state index in [0.717, 1.165) is 12.1 Å². The molecule has 136 valence electrons. The zero-order valence-electron chi connectivity index (χ0n) is 13.1. The van der Waals surface area contributed by atoms with Crippen molar-refractivity contribution in [1.82, 2.24) is 4.98 Å². The summed E-state index contributed by atoms with van der Waals surface area (Å²) in [6.07, 6.45) is 0.952. The minimum atomic E-state index is -2.26. The van der Waals surface area contributed by atoms with Crippen molar-refractivity contribution >= 4 is 16.9 Å². The molecule has 0 spiro atoms. The molecule has 9 heteroatoms. The number of hydrogen-bond donors (Lipinski definition) is 2. The van der Waals surface area contributed by atoms with Crippen LogP contribution in [0.5, 0.6) is 5.75 Å². The van der Waals surface area contributed by atoms with Gasteiger partial charge in [0.2, 0.25) is 5.82 Å². The topological polar surface area (TPSA) is 62.3 Å². The van der Waals surface area contributed by atoms with E-state index in [1.54, 1.807) is 0 Å². The molecule has 0 aliphatic rings. The van der Waals surface area contributed by atoms with Gasteiger partial charge in [0.05, 0.1) is 24.6 Å². The fourth-order valence-electron chi connectivity index (χ4n) is 2.73. The van der Waals surface area contributed by atoms with Gasteiger partial charge in [0.15, 0.2) is 23.3 Å². The molecule has 0 amide bonds. The number of hydrogen-bond acceptors (Lipinski definition) is 2. The van der Waals surface area contributed by atoms with Gasteiger partial charge < -0.3 is 14.8 Å². The molecule has 0 unspecified atom stereocenters. The summed E-state index contributed by atoms with van der Waals surface area (Å²) in [6.45, 7) is 0. The van der Waals surface area contributed by atoms with Crippen LogP contribution in [0.1, 0.15) is 5.56 Å². The molecule has 2 aromatic carbocycles. The number of aromatic amines is 1. The van der Waals surface area contributed by atoms with Gasteiger partial charge >= 0.3 is 5.97 Å². The first-order valence-electron chi connectivity index (χ1n) is 7.17. The van der Waals surface area contributed by atoms with Crippen LogP contribution in [0.15, 0.2) is 18.3 Å². The Kier molecular flexibility index (Phi) is 4.31. The van der Waals surface area contributed by atoms with E-state index in [1.807, 2.05) is 0 Å². The van der Waals surface area contributed by atoms with Crippen LogP contribution in [0.4, 0.5) is 22.0 Å². The largest absolute Gasteiger partial charge is 0.495 e. The zero-order chi connectivity index (χ0) is 19.2. The van der Waals surface area contributed by atoms with Crippen molar-refractivity contribution < 1.29 is 36.6 Å². The molecule has 2 N–H and O–H groups in total. The van der Waals surface area contributed by atoms with E-state index in [1.165, 1.54) is 13.3 Å². The van der Waals surface area contributed by atoms with Crippen LogP contribution in [-0.2, 0) is 11.2 Å². The minimum absolute atomic E-state index is 0.0538. The van der Waals surface area contributed by atoms with E-state index in [9.17, 15) is 26.7 Å². The van der Waals surface area contributed by atoms with Crippen LogP contribution in [-0.4, -0.2) is 23.2 Å². The highest BCUT2D eigenvalue weighted by Gasteiger charge is 2.27. The maximum Gasteiger partial charge on any atom is 0.307 e. The van der Waals surface area contributed by atoms with E-state index < -0.39 is 47.0 Å². The Bertz CT molecular complexity index is 1020. The lowest BCUT2D eigenvalue weighted by molar-refractivity contribution is -0.136. The van der Waals surface area contributed by atoms with Crippen molar-refractivity contribution in [3.8, 4) is 16.9 Å². The van der Waals surface area contributed by atoms with Gasteiger partial charge in [0.25, 0.3) is 0 Å². The molecule has 0 fully saturated rings. The minimum Gasteiger partial charge on any atom is -0.495 e. The van der Waals surface area contributed by atoms with E-state index in [2.05, 4.69) is 4.98 Å². The monoisotopic (exact) mass is 371 g/mol. The number of benzene rings is 2. The normalized spacial score (nSPS) is 11.2. The van der Waals surface area contributed by atoms with E-state index >= 15 is 0 Å². The Morgan fingerprint density at radius 2 is 1.62 bits per heavy atom. The summed E-state index contributed by atoms with van der Waals surface area (Å²) in [7, 11) is 1.24. The summed E-state index contributed by atoms with van der Waals surface area (Å²) < 4.78 is 73.5. The van der Waals surface area contributed by atoms with E-state index in [4.69, 9.17) is 9.84 Å². The van der Waals surface area contributed by atoms with E-state index in [0.29, 0.717) is 5.52 Å². The Morgan fingerprint density at radius 3 is 2.15 bits per heavy atom. The number of halogens is 5. The standard InChI is InChI=1S/C17H10F5NO3/c1-26-9-3-6(2-8-7(4-10(24)25)5-23-17(8)9)11-12(18)14(20)16(22)15(21)13(11)19/h2-3,5,23H,4H2,1H3,(H,24,25). The Labute approximate surface area is 142 Å². The number of carboxylic acid groups (broad SMARTS) is 1. The molecule has 0 aliphatic heterocycles. The van der Waals surface area contributed by atoms with Crippen molar-refractivity contribution in [3.05, 3.63) is 53.0 Å². The molecule has 4 nitrogen and oxygen atoms in total. The number of fused-ring (bicyclic) bond motifs is 1. The second-order valence-corrected chi connectivity index (χ2v) is 5.43. The fraction of sp³-hybridized carbons (Fsp3) is 0.118. The summed E-state index contributed by atoms with van der Waals surface area (Å²) in [5.41, 5.74) is -0.870. The van der Waals surface area contributed by atoms with Crippen molar-refractivity contribution in [1.29, 1.82) is 0 Å². The third kappa shape index (κ3) is 2.65. The number of aliphatic carboxylic acids is 1. The molecule has 0 aliphatic carbocycles. The number of methoxy groups -OCH3 is 1. The molecule has 0 radical (unpaired) electrons. The number of carboxylic acids is 1. The summed E-state index contributed by atoms with van der Waals surface area (Å²) in [4.78, 5) is 13.7. The molecular weight excluding hydrogens is 361 g/mol. The number of ether oxygens (including phenoxy) is 1. The highest BCUT2D eigenvalue weighted by atomic mass is 19.2. The predicted octanol–water partition coefficient (Wildman–Crippen LogP) is 4.17. The van der Waals surface area contributed by atoms with Gasteiger partial charge in [-0.3, -0.25) is 4.79 Å². The summed E-state index contributed by atoms with van der Waals surface area (Å²) in [6, 6.07) is 2.24. The summed E-state index contributed by atoms with van der Waals surface area (Å²) >= 11 is 0. The molecule has 26 heavy (non-hydrogen) atoms. The summed E-state index contributed by atoms with van der Waals surface area (Å²) in [5.74, 6) is -11.5. The third-order valence-corrected chi connectivity index (χ3v) is 3.90. The highest BCUT2D eigenvalue weighted by Crippen LogP contribution is 2.37. The molecule has 0 saturated heterocycles. The molecule has 0 bridgehead atoms.